The molecule has 0 spiro atoms. The van der Waals surface area contributed by atoms with Crippen molar-refractivity contribution in [1.29, 1.82) is 0 Å². The molecule has 1 aliphatic rings. The zero-order valence-corrected chi connectivity index (χ0v) is 15.1. The molecule has 1 aromatic rings. The highest BCUT2D eigenvalue weighted by atomic mass is 35.5. The van der Waals surface area contributed by atoms with Crippen LogP contribution in [-0.2, 0) is 15.2 Å². The lowest BCUT2D eigenvalue weighted by Gasteiger charge is -2.32. The topological polar surface area (TPSA) is 30.5 Å². The van der Waals surface area contributed by atoms with E-state index in [1.54, 1.807) is 6.07 Å². The van der Waals surface area contributed by atoms with E-state index in [1.165, 1.54) is 6.07 Å². The molecule has 1 fully saturated rings. The molecule has 0 unspecified atom stereocenters. The summed E-state index contributed by atoms with van der Waals surface area (Å²) < 4.78 is 26.1. The first kappa shape index (κ1) is 18.5. The minimum atomic E-state index is -0.455. The summed E-state index contributed by atoms with van der Waals surface area (Å²) in [5.74, 6) is -0.136. The average Bonchev–Trinajstić information content (AvgIpc) is 2.67. The van der Waals surface area contributed by atoms with E-state index < -0.39 is 18.3 Å². The van der Waals surface area contributed by atoms with Gasteiger partial charge in [-0.15, -0.1) is 11.6 Å². The molecular weight excluding hydrogens is 315 g/mol. The van der Waals surface area contributed by atoms with Crippen LogP contribution in [-0.4, -0.2) is 31.9 Å². The fraction of sp³-hybridized carbons (Fsp3) is 0.529. The van der Waals surface area contributed by atoms with E-state index in [-0.39, 0.29) is 11.7 Å². The first-order chi connectivity index (χ1) is 10.7. The molecule has 2 rings (SSSR count). The monoisotopic (exact) mass is 339 g/mol. The number of hydrogen-bond donors (Lipinski definition) is 1. The molecule has 0 bridgehead atoms. The number of alkyl halides is 1. The molecule has 1 N–H and O–H groups in total. The van der Waals surface area contributed by atoms with Gasteiger partial charge in [0, 0.05) is 12.1 Å². The third-order valence-corrected chi connectivity index (χ3v) is 4.80. The Balaban J connectivity index is 2.30. The normalized spacial score (nSPS) is 20.1. The van der Waals surface area contributed by atoms with Crippen molar-refractivity contribution in [2.45, 2.75) is 44.8 Å². The predicted octanol–water partition coefficient (Wildman–Crippen LogP) is 3.80. The fourth-order valence-electron chi connectivity index (χ4n) is 2.38. The van der Waals surface area contributed by atoms with Gasteiger partial charge in [0.2, 0.25) is 0 Å². The minimum absolute atomic E-state index is 0.163. The van der Waals surface area contributed by atoms with Crippen molar-refractivity contribution < 1.29 is 13.7 Å². The Bertz CT molecular complexity index is 588. The van der Waals surface area contributed by atoms with E-state index in [1.807, 2.05) is 46.9 Å². The number of likely N-dealkylation sites (N-methyl/N-ethyl adjacent to an activating group) is 1. The summed E-state index contributed by atoms with van der Waals surface area (Å²) in [6.07, 6.45) is 1.90. The zero-order chi connectivity index (χ0) is 17.3. The molecule has 0 atom stereocenters. The summed E-state index contributed by atoms with van der Waals surface area (Å²) >= 11 is 5.70. The summed E-state index contributed by atoms with van der Waals surface area (Å²) in [6.45, 7) is 8.64. The largest absolute Gasteiger partial charge is 0.491 e. The Morgan fingerprint density at radius 3 is 2.35 bits per heavy atom. The maximum Gasteiger partial charge on any atom is 0.491 e. The van der Waals surface area contributed by atoms with Crippen LogP contribution in [0.4, 0.5) is 4.39 Å². The fourth-order valence-corrected chi connectivity index (χ4v) is 2.59. The van der Waals surface area contributed by atoms with Gasteiger partial charge in [0.25, 0.3) is 0 Å². The molecule has 1 aromatic carbocycles. The van der Waals surface area contributed by atoms with E-state index in [0.29, 0.717) is 12.1 Å². The van der Waals surface area contributed by atoms with Crippen molar-refractivity contribution in [3.05, 3.63) is 40.6 Å². The van der Waals surface area contributed by atoms with Crippen LogP contribution < -0.4 is 5.32 Å². The highest BCUT2D eigenvalue weighted by Gasteiger charge is 2.52. The van der Waals surface area contributed by atoms with Crippen LogP contribution in [0.25, 0.3) is 6.08 Å². The van der Waals surface area contributed by atoms with Crippen LogP contribution >= 0.6 is 11.6 Å². The Labute approximate surface area is 143 Å². The number of halogens is 2. The molecule has 23 heavy (non-hydrogen) atoms. The summed E-state index contributed by atoms with van der Waals surface area (Å²) in [5.41, 5.74) is 1.37. The van der Waals surface area contributed by atoms with Gasteiger partial charge in [0.05, 0.1) is 17.1 Å². The van der Waals surface area contributed by atoms with Crippen molar-refractivity contribution in [3.63, 3.8) is 0 Å². The molecule has 6 heteroatoms. The van der Waals surface area contributed by atoms with Gasteiger partial charge in [-0.3, -0.25) is 0 Å². The van der Waals surface area contributed by atoms with E-state index in [9.17, 15) is 4.39 Å². The molecule has 3 nitrogen and oxygen atoms in total. The number of hydrogen-bond acceptors (Lipinski definition) is 3. The second-order valence-electron chi connectivity index (χ2n) is 6.82. The maximum absolute atomic E-state index is 13.9. The van der Waals surface area contributed by atoms with Crippen molar-refractivity contribution in [3.8, 4) is 0 Å². The Morgan fingerprint density at radius 2 is 1.87 bits per heavy atom. The van der Waals surface area contributed by atoms with Crippen LogP contribution in [0.1, 0.15) is 38.8 Å². The summed E-state index contributed by atoms with van der Waals surface area (Å²) in [4.78, 5) is 0. The van der Waals surface area contributed by atoms with Crippen LogP contribution in [0.5, 0.6) is 0 Å². The van der Waals surface area contributed by atoms with Gasteiger partial charge in [-0.1, -0.05) is 18.2 Å². The molecule has 1 heterocycles. The lowest BCUT2D eigenvalue weighted by atomic mass is 9.77. The molecule has 0 aliphatic carbocycles. The predicted molar refractivity (Wildman–Crippen MR) is 93.9 cm³/mol. The minimum Gasteiger partial charge on any atom is -0.400 e. The smallest absolute Gasteiger partial charge is 0.400 e. The van der Waals surface area contributed by atoms with E-state index >= 15 is 0 Å². The van der Waals surface area contributed by atoms with Gasteiger partial charge < -0.3 is 14.6 Å². The standard InChI is InChI=1S/C17H24BClFNO2/c1-16(2)17(3,4)23-18(22-16)14(11-21-5)8-12-6-7-13(10-19)15(20)9-12/h6-9,21H,10-11H2,1-5H3. The van der Waals surface area contributed by atoms with Crippen LogP contribution in [0.15, 0.2) is 23.7 Å². The number of rotatable bonds is 5. The van der Waals surface area contributed by atoms with Gasteiger partial charge in [-0.2, -0.15) is 0 Å². The zero-order valence-electron chi connectivity index (χ0n) is 14.4. The maximum atomic E-state index is 13.9. The van der Waals surface area contributed by atoms with Gasteiger partial charge in [-0.25, -0.2) is 4.39 Å². The molecule has 0 aromatic heterocycles. The molecular formula is C17H24BClFNO2. The third-order valence-electron chi connectivity index (χ3n) is 4.51. The summed E-state index contributed by atoms with van der Waals surface area (Å²) in [7, 11) is 1.40. The van der Waals surface area contributed by atoms with Gasteiger partial charge in [-0.05, 0) is 51.8 Å². The van der Waals surface area contributed by atoms with Crippen molar-refractivity contribution >= 4 is 24.8 Å². The SMILES string of the molecule is CNCC(=Cc1ccc(CCl)c(F)c1)B1OC(C)(C)C(C)(C)O1. The Kier molecular flexibility index (Phi) is 5.57. The van der Waals surface area contributed by atoms with Crippen LogP contribution in [0.3, 0.4) is 0 Å². The first-order valence-electron chi connectivity index (χ1n) is 7.75. The van der Waals surface area contributed by atoms with Crippen LogP contribution in [0, 0.1) is 5.82 Å². The second kappa shape index (κ2) is 6.93. The Morgan fingerprint density at radius 1 is 1.26 bits per heavy atom. The molecule has 126 valence electrons. The summed E-state index contributed by atoms with van der Waals surface area (Å²) in [5, 5.41) is 3.11. The van der Waals surface area contributed by atoms with E-state index in [4.69, 9.17) is 20.9 Å². The van der Waals surface area contributed by atoms with Crippen LogP contribution in [0.2, 0.25) is 0 Å². The lowest BCUT2D eigenvalue weighted by molar-refractivity contribution is 0.00578. The molecule has 1 saturated heterocycles. The van der Waals surface area contributed by atoms with Crippen molar-refractivity contribution in [2.24, 2.45) is 0 Å². The molecule has 1 aliphatic heterocycles. The van der Waals surface area contributed by atoms with Gasteiger partial charge in [0.15, 0.2) is 0 Å². The number of benzene rings is 1. The lowest BCUT2D eigenvalue weighted by Crippen LogP contribution is -2.41. The molecule has 0 saturated carbocycles. The molecule has 0 amide bonds. The quantitative estimate of drug-likeness (QED) is 0.654. The second-order valence-corrected chi connectivity index (χ2v) is 7.09. The average molecular weight is 340 g/mol. The highest BCUT2D eigenvalue weighted by Crippen LogP contribution is 2.38. The van der Waals surface area contributed by atoms with Gasteiger partial charge >= 0.3 is 7.12 Å². The van der Waals surface area contributed by atoms with Crippen molar-refractivity contribution in [2.75, 3.05) is 13.6 Å². The highest BCUT2D eigenvalue weighted by molar-refractivity contribution is 6.55. The van der Waals surface area contributed by atoms with E-state index in [0.717, 1.165) is 11.0 Å². The van der Waals surface area contributed by atoms with E-state index in [2.05, 4.69) is 5.32 Å². The Hall–Kier alpha value is -0.875. The molecule has 0 radical (unpaired) electrons. The summed E-state index contributed by atoms with van der Waals surface area (Å²) in [6, 6.07) is 5.04. The van der Waals surface area contributed by atoms with Crippen molar-refractivity contribution in [1.82, 2.24) is 5.32 Å². The first-order valence-corrected chi connectivity index (χ1v) is 8.29. The number of nitrogens with one attached hydrogen (secondary N) is 1. The van der Waals surface area contributed by atoms with Gasteiger partial charge in [0.1, 0.15) is 5.82 Å². The third kappa shape index (κ3) is 3.97.